The zero-order chi connectivity index (χ0) is 19.3. The van der Waals surface area contributed by atoms with Crippen molar-refractivity contribution in [1.29, 1.82) is 0 Å². The van der Waals surface area contributed by atoms with Gasteiger partial charge in [-0.1, -0.05) is 0 Å². The average molecular weight is 382 g/mol. The fourth-order valence-electron chi connectivity index (χ4n) is 4.40. The second-order valence-corrected chi connectivity index (χ2v) is 9.26. The van der Waals surface area contributed by atoms with Crippen LogP contribution >= 0.6 is 0 Å². The molecular formula is C20H39N5O2. The third-order valence-corrected chi connectivity index (χ3v) is 5.86. The van der Waals surface area contributed by atoms with Gasteiger partial charge < -0.3 is 10.1 Å². The van der Waals surface area contributed by atoms with Crippen molar-refractivity contribution in [1.82, 2.24) is 24.9 Å². The molecule has 3 saturated heterocycles. The molecule has 0 aromatic rings. The van der Waals surface area contributed by atoms with E-state index in [1.165, 1.54) is 39.0 Å². The highest BCUT2D eigenvalue weighted by Crippen LogP contribution is 2.18. The molecule has 3 heterocycles. The molecule has 0 aromatic carbocycles. The van der Waals surface area contributed by atoms with E-state index in [4.69, 9.17) is 4.74 Å². The molecule has 0 spiro atoms. The molecule has 0 aromatic heterocycles. The van der Waals surface area contributed by atoms with Gasteiger partial charge in [-0.05, 0) is 33.6 Å². The van der Waals surface area contributed by atoms with Crippen LogP contribution in [0.25, 0.3) is 0 Å². The van der Waals surface area contributed by atoms with Gasteiger partial charge in [0.15, 0.2) is 0 Å². The van der Waals surface area contributed by atoms with Gasteiger partial charge in [0.05, 0.1) is 13.2 Å². The van der Waals surface area contributed by atoms with Crippen molar-refractivity contribution in [2.75, 3.05) is 78.7 Å². The van der Waals surface area contributed by atoms with Gasteiger partial charge >= 0.3 is 5.97 Å². The first-order valence-electron chi connectivity index (χ1n) is 10.7. The number of hydrogen-bond acceptors (Lipinski definition) is 7. The van der Waals surface area contributed by atoms with Crippen LogP contribution < -0.4 is 5.32 Å². The molecule has 7 heteroatoms. The summed E-state index contributed by atoms with van der Waals surface area (Å²) in [6.45, 7) is 18.4. The minimum atomic E-state index is -0.393. The molecule has 7 nitrogen and oxygen atoms in total. The van der Waals surface area contributed by atoms with E-state index in [1.807, 2.05) is 20.8 Å². The summed E-state index contributed by atoms with van der Waals surface area (Å²) in [5.41, 5.74) is -0.393. The van der Waals surface area contributed by atoms with Crippen LogP contribution in [0.15, 0.2) is 0 Å². The summed E-state index contributed by atoms with van der Waals surface area (Å²) >= 11 is 0. The van der Waals surface area contributed by atoms with Crippen LogP contribution in [0.5, 0.6) is 0 Å². The smallest absolute Gasteiger partial charge is 0.320 e. The Balaban J connectivity index is 1.31. The molecule has 0 unspecified atom stereocenters. The molecule has 3 aliphatic rings. The Labute approximate surface area is 165 Å². The van der Waals surface area contributed by atoms with Crippen molar-refractivity contribution in [2.24, 2.45) is 0 Å². The van der Waals surface area contributed by atoms with Gasteiger partial charge in [-0.25, -0.2) is 0 Å². The van der Waals surface area contributed by atoms with Gasteiger partial charge in [-0.2, -0.15) is 0 Å². The van der Waals surface area contributed by atoms with Crippen LogP contribution in [0.1, 0.15) is 33.6 Å². The molecule has 3 rings (SSSR count). The van der Waals surface area contributed by atoms with E-state index in [-0.39, 0.29) is 5.97 Å². The summed E-state index contributed by atoms with van der Waals surface area (Å²) in [6, 6.07) is 0.786. The number of likely N-dealkylation sites (tertiary alicyclic amines) is 1. The maximum Gasteiger partial charge on any atom is 0.320 e. The van der Waals surface area contributed by atoms with Gasteiger partial charge in [0.2, 0.25) is 0 Å². The fourth-order valence-corrected chi connectivity index (χ4v) is 4.40. The average Bonchev–Trinajstić information content (AvgIpc) is 2.63. The first-order chi connectivity index (χ1) is 12.9. The van der Waals surface area contributed by atoms with Gasteiger partial charge in [-0.3, -0.25) is 24.4 Å². The Hall–Kier alpha value is -0.730. The summed E-state index contributed by atoms with van der Waals surface area (Å²) in [4.78, 5) is 22.1. The third-order valence-electron chi connectivity index (χ3n) is 5.86. The second kappa shape index (κ2) is 9.65. The monoisotopic (exact) mass is 381 g/mol. The number of esters is 1. The number of nitrogens with zero attached hydrogens (tertiary/aromatic N) is 4. The van der Waals surface area contributed by atoms with Crippen molar-refractivity contribution < 1.29 is 9.53 Å². The van der Waals surface area contributed by atoms with E-state index in [2.05, 4.69) is 24.9 Å². The quantitative estimate of drug-likeness (QED) is 0.686. The Morgan fingerprint density at radius 1 is 0.889 bits per heavy atom. The summed E-state index contributed by atoms with van der Waals surface area (Å²) in [5.74, 6) is -0.106. The molecule has 0 aliphatic carbocycles. The number of nitrogens with one attached hydrogen (secondary N) is 1. The lowest BCUT2D eigenvalue weighted by Gasteiger charge is -2.42. The number of hydrogen-bond donors (Lipinski definition) is 1. The Kier molecular flexibility index (Phi) is 7.50. The lowest BCUT2D eigenvalue weighted by molar-refractivity contribution is -0.156. The number of ether oxygens (including phenoxy) is 1. The van der Waals surface area contributed by atoms with Gasteiger partial charge in [0.1, 0.15) is 5.60 Å². The lowest BCUT2D eigenvalue weighted by atomic mass is 10.0. The number of carbonyl (C=O) groups is 1. The molecule has 156 valence electrons. The van der Waals surface area contributed by atoms with E-state index in [0.29, 0.717) is 6.54 Å². The standard InChI is InChI=1S/C20H39N5O2/c1-20(2,3)27-19(26)16-22-12-14-24(15-13-22)17-23-8-4-18(5-9-23)25-10-6-21-7-11-25/h18,21H,4-17H2,1-3H3. The number of piperidine rings is 1. The molecule has 27 heavy (non-hydrogen) atoms. The Morgan fingerprint density at radius 3 is 2.04 bits per heavy atom. The predicted molar refractivity (Wildman–Crippen MR) is 108 cm³/mol. The van der Waals surface area contributed by atoms with E-state index < -0.39 is 5.60 Å². The van der Waals surface area contributed by atoms with Gasteiger partial charge in [-0.15, -0.1) is 0 Å². The Bertz CT molecular complexity index is 459. The second-order valence-electron chi connectivity index (χ2n) is 9.26. The summed E-state index contributed by atoms with van der Waals surface area (Å²) in [7, 11) is 0. The lowest BCUT2D eigenvalue weighted by Crippen LogP contribution is -2.55. The minimum absolute atomic E-state index is 0.106. The highest BCUT2D eigenvalue weighted by molar-refractivity contribution is 5.72. The predicted octanol–water partition coefficient (Wildman–Crippen LogP) is 0.273. The topological polar surface area (TPSA) is 51.3 Å². The highest BCUT2D eigenvalue weighted by atomic mass is 16.6. The van der Waals surface area contributed by atoms with Crippen molar-refractivity contribution in [3.8, 4) is 0 Å². The van der Waals surface area contributed by atoms with Crippen molar-refractivity contribution in [3.63, 3.8) is 0 Å². The molecule has 0 atom stereocenters. The van der Waals surface area contributed by atoms with Crippen LogP contribution in [-0.2, 0) is 9.53 Å². The van der Waals surface area contributed by atoms with E-state index >= 15 is 0 Å². The minimum Gasteiger partial charge on any atom is -0.459 e. The summed E-state index contributed by atoms with van der Waals surface area (Å²) < 4.78 is 5.44. The van der Waals surface area contributed by atoms with Gasteiger partial charge in [0, 0.05) is 71.5 Å². The van der Waals surface area contributed by atoms with Crippen LogP contribution in [-0.4, -0.2) is 116 Å². The van der Waals surface area contributed by atoms with E-state index in [9.17, 15) is 4.79 Å². The molecule has 0 saturated carbocycles. The van der Waals surface area contributed by atoms with Crippen LogP contribution in [0, 0.1) is 0 Å². The molecule has 3 fully saturated rings. The number of carbonyl (C=O) groups excluding carboxylic acids is 1. The van der Waals surface area contributed by atoms with Crippen molar-refractivity contribution in [2.45, 2.75) is 45.3 Å². The van der Waals surface area contributed by atoms with Crippen molar-refractivity contribution >= 4 is 5.97 Å². The highest BCUT2D eigenvalue weighted by Gasteiger charge is 2.27. The summed E-state index contributed by atoms with van der Waals surface area (Å²) in [5, 5.41) is 3.45. The molecule has 3 aliphatic heterocycles. The Morgan fingerprint density at radius 2 is 1.44 bits per heavy atom. The van der Waals surface area contributed by atoms with Crippen molar-refractivity contribution in [3.05, 3.63) is 0 Å². The normalized spacial score (nSPS) is 25.6. The summed E-state index contributed by atoms with van der Waals surface area (Å²) in [6.07, 6.45) is 2.61. The third kappa shape index (κ3) is 6.98. The SMILES string of the molecule is CC(C)(C)OC(=O)CN1CCN(CN2CCC(N3CCNCC3)CC2)CC1. The molecular weight excluding hydrogens is 342 g/mol. The molecule has 0 radical (unpaired) electrons. The first-order valence-corrected chi connectivity index (χ1v) is 10.7. The van der Waals surface area contributed by atoms with E-state index in [1.54, 1.807) is 0 Å². The first kappa shape index (κ1) is 21.0. The maximum absolute atomic E-state index is 12.0. The van der Waals surface area contributed by atoms with Crippen LogP contribution in [0.2, 0.25) is 0 Å². The van der Waals surface area contributed by atoms with E-state index in [0.717, 1.165) is 52.0 Å². The largest absolute Gasteiger partial charge is 0.459 e. The molecule has 0 bridgehead atoms. The molecule has 1 N–H and O–H groups in total. The fraction of sp³-hybridized carbons (Fsp3) is 0.950. The van der Waals surface area contributed by atoms with Crippen LogP contribution in [0.3, 0.4) is 0 Å². The molecule has 0 amide bonds. The zero-order valence-corrected chi connectivity index (χ0v) is 17.6. The number of piperazine rings is 2. The number of rotatable bonds is 5. The zero-order valence-electron chi connectivity index (χ0n) is 17.6. The maximum atomic E-state index is 12.0. The van der Waals surface area contributed by atoms with Gasteiger partial charge in [0.25, 0.3) is 0 Å². The van der Waals surface area contributed by atoms with Crippen LogP contribution in [0.4, 0.5) is 0 Å².